The normalized spacial score (nSPS) is 21.2. The van der Waals surface area contributed by atoms with Crippen LogP contribution in [0.5, 0.6) is 5.75 Å². The van der Waals surface area contributed by atoms with Crippen LogP contribution >= 0.6 is 0 Å². The second-order valence-corrected chi connectivity index (χ2v) is 7.74. The van der Waals surface area contributed by atoms with Crippen molar-refractivity contribution >= 4 is 5.78 Å². The molecule has 136 valence electrons. The predicted octanol–water partition coefficient (Wildman–Crippen LogP) is 3.74. The number of halogens is 1. The molecule has 3 rings (SSSR count). The van der Waals surface area contributed by atoms with Gasteiger partial charge in [0.1, 0.15) is 17.2 Å². The van der Waals surface area contributed by atoms with E-state index in [2.05, 4.69) is 5.32 Å². The number of nitrogens with one attached hydrogen (secondary N) is 1. The molecule has 0 saturated carbocycles. The summed E-state index contributed by atoms with van der Waals surface area (Å²) in [6.45, 7) is 9.75. The highest BCUT2D eigenvalue weighted by molar-refractivity contribution is 6.14. The Hall–Kier alpha value is -1.88. The minimum atomic E-state index is -0.743. The van der Waals surface area contributed by atoms with Crippen LogP contribution < -0.4 is 10.1 Å². The van der Waals surface area contributed by atoms with Crippen LogP contribution in [0.15, 0.2) is 24.0 Å². The summed E-state index contributed by atoms with van der Waals surface area (Å²) in [5, 5.41) is 3.29. The molecule has 1 spiro atoms. The van der Waals surface area contributed by atoms with Gasteiger partial charge in [-0.05, 0) is 37.1 Å². The molecule has 4 nitrogen and oxygen atoms in total. The van der Waals surface area contributed by atoms with Gasteiger partial charge in [0.15, 0.2) is 5.78 Å². The smallest absolute Gasteiger partial charge is 0.200 e. The standard InChI is InChI=1S/C20H26FNO3/c1-5-24-12-15-18(23)17-14(19(2,3)4)10-13(21)11-16(17)25-20(15)6-8-22-9-7-20/h10-12,22H,5-9H2,1-4H3. The molecule has 0 radical (unpaired) electrons. The van der Waals surface area contributed by atoms with Crippen molar-refractivity contribution in [3.63, 3.8) is 0 Å². The second kappa shape index (κ2) is 6.45. The maximum Gasteiger partial charge on any atom is 0.200 e. The molecule has 0 amide bonds. The molecule has 0 unspecified atom stereocenters. The van der Waals surface area contributed by atoms with Crippen molar-refractivity contribution in [3.05, 3.63) is 40.9 Å². The first-order valence-electron chi connectivity index (χ1n) is 8.89. The number of ether oxygens (including phenoxy) is 2. The van der Waals surface area contributed by atoms with E-state index in [4.69, 9.17) is 9.47 Å². The fraction of sp³-hybridized carbons (Fsp3) is 0.550. The number of hydrogen-bond acceptors (Lipinski definition) is 4. The van der Waals surface area contributed by atoms with E-state index in [0.717, 1.165) is 13.1 Å². The molecule has 25 heavy (non-hydrogen) atoms. The Labute approximate surface area is 148 Å². The van der Waals surface area contributed by atoms with E-state index >= 15 is 0 Å². The Balaban J connectivity index is 2.20. The van der Waals surface area contributed by atoms with Gasteiger partial charge in [-0.2, -0.15) is 0 Å². The van der Waals surface area contributed by atoms with Crippen LogP contribution in [-0.4, -0.2) is 31.1 Å². The summed E-state index contributed by atoms with van der Waals surface area (Å²) in [4.78, 5) is 13.4. The van der Waals surface area contributed by atoms with Crippen LogP contribution in [-0.2, 0) is 10.2 Å². The zero-order chi connectivity index (χ0) is 18.2. The lowest BCUT2D eigenvalue weighted by Crippen LogP contribution is -2.52. The van der Waals surface area contributed by atoms with Gasteiger partial charge < -0.3 is 14.8 Å². The highest BCUT2D eigenvalue weighted by atomic mass is 19.1. The monoisotopic (exact) mass is 347 g/mol. The quantitative estimate of drug-likeness (QED) is 0.654. The number of piperidine rings is 1. The average Bonchev–Trinajstić information content (AvgIpc) is 2.53. The SMILES string of the molecule is CCOC=C1C(=O)c2c(cc(F)cc2C(C)(C)C)OC12CCNCC2. The summed E-state index contributed by atoms with van der Waals surface area (Å²) in [6, 6.07) is 2.78. The highest BCUT2D eigenvalue weighted by Gasteiger charge is 2.48. The number of rotatable bonds is 2. The number of Topliss-reactive ketones (excluding diaryl/α,β-unsaturated/α-hetero) is 1. The largest absolute Gasteiger partial charge is 0.501 e. The maximum atomic E-state index is 14.2. The number of fused-ring (bicyclic) bond motifs is 1. The summed E-state index contributed by atoms with van der Waals surface area (Å²) in [5.41, 5.74) is 0.553. The molecule has 2 heterocycles. The van der Waals surface area contributed by atoms with E-state index in [0.29, 0.717) is 41.9 Å². The minimum absolute atomic E-state index is 0.110. The molecule has 1 aromatic carbocycles. The van der Waals surface area contributed by atoms with Crippen LogP contribution in [0.3, 0.4) is 0 Å². The van der Waals surface area contributed by atoms with E-state index in [1.54, 1.807) is 6.26 Å². The number of carbonyl (C=O) groups is 1. The van der Waals surface area contributed by atoms with Gasteiger partial charge >= 0.3 is 0 Å². The second-order valence-electron chi connectivity index (χ2n) is 7.74. The molecule has 0 bridgehead atoms. The van der Waals surface area contributed by atoms with Gasteiger partial charge in [-0.1, -0.05) is 20.8 Å². The Morgan fingerprint density at radius 3 is 2.60 bits per heavy atom. The molecule has 5 heteroatoms. The average molecular weight is 347 g/mol. The summed E-state index contributed by atoms with van der Waals surface area (Å²) < 4.78 is 26.0. The molecular weight excluding hydrogens is 321 g/mol. The van der Waals surface area contributed by atoms with Gasteiger partial charge in [-0.15, -0.1) is 0 Å². The van der Waals surface area contributed by atoms with Crippen LogP contribution in [0, 0.1) is 5.82 Å². The summed E-state index contributed by atoms with van der Waals surface area (Å²) >= 11 is 0. The van der Waals surface area contributed by atoms with Gasteiger partial charge in [0.25, 0.3) is 0 Å². The summed E-state index contributed by atoms with van der Waals surface area (Å²) in [5.74, 6) is -0.134. The minimum Gasteiger partial charge on any atom is -0.501 e. The van der Waals surface area contributed by atoms with Crippen LogP contribution in [0.25, 0.3) is 0 Å². The van der Waals surface area contributed by atoms with Gasteiger partial charge in [-0.25, -0.2) is 4.39 Å². The van der Waals surface area contributed by atoms with Crippen LogP contribution in [0.1, 0.15) is 56.5 Å². The molecule has 0 aromatic heterocycles. The van der Waals surface area contributed by atoms with Crippen molar-refractivity contribution in [1.82, 2.24) is 5.32 Å². The molecule has 0 aliphatic carbocycles. The Morgan fingerprint density at radius 2 is 2.00 bits per heavy atom. The van der Waals surface area contributed by atoms with E-state index in [-0.39, 0.29) is 17.0 Å². The molecule has 1 N–H and O–H groups in total. The van der Waals surface area contributed by atoms with E-state index in [1.807, 2.05) is 27.7 Å². The third-order valence-electron chi connectivity index (χ3n) is 4.92. The first-order chi connectivity index (χ1) is 11.8. The zero-order valence-electron chi connectivity index (χ0n) is 15.4. The maximum absolute atomic E-state index is 14.2. The van der Waals surface area contributed by atoms with Crippen molar-refractivity contribution < 1.29 is 18.7 Å². The summed E-state index contributed by atoms with van der Waals surface area (Å²) in [7, 11) is 0. The first-order valence-corrected chi connectivity index (χ1v) is 8.89. The Morgan fingerprint density at radius 1 is 1.32 bits per heavy atom. The fourth-order valence-electron chi connectivity index (χ4n) is 3.62. The van der Waals surface area contributed by atoms with Crippen LogP contribution in [0.2, 0.25) is 0 Å². The van der Waals surface area contributed by atoms with E-state index < -0.39 is 5.60 Å². The van der Waals surface area contributed by atoms with E-state index in [9.17, 15) is 9.18 Å². The van der Waals surface area contributed by atoms with Gasteiger partial charge in [0.2, 0.25) is 0 Å². The molecular formula is C20H26FNO3. The molecule has 2 aliphatic heterocycles. The lowest BCUT2D eigenvalue weighted by molar-refractivity contribution is 0.0496. The van der Waals surface area contributed by atoms with Crippen molar-refractivity contribution in [1.29, 1.82) is 0 Å². The lowest BCUT2D eigenvalue weighted by atomic mass is 9.74. The molecule has 2 aliphatic rings. The van der Waals surface area contributed by atoms with Crippen molar-refractivity contribution in [2.24, 2.45) is 0 Å². The Bertz CT molecular complexity index is 712. The highest BCUT2D eigenvalue weighted by Crippen LogP contribution is 2.45. The van der Waals surface area contributed by atoms with Gasteiger partial charge in [0.05, 0.1) is 24.0 Å². The van der Waals surface area contributed by atoms with Crippen molar-refractivity contribution in [2.75, 3.05) is 19.7 Å². The predicted molar refractivity (Wildman–Crippen MR) is 94.6 cm³/mol. The number of hydrogen-bond donors (Lipinski definition) is 1. The number of carbonyl (C=O) groups excluding carboxylic acids is 1. The molecule has 1 saturated heterocycles. The zero-order valence-corrected chi connectivity index (χ0v) is 15.4. The fourth-order valence-corrected chi connectivity index (χ4v) is 3.62. The van der Waals surface area contributed by atoms with Crippen LogP contribution in [0.4, 0.5) is 4.39 Å². The first kappa shape index (κ1) is 17.9. The van der Waals surface area contributed by atoms with Crippen molar-refractivity contribution in [2.45, 2.75) is 51.6 Å². The Kier molecular flexibility index (Phi) is 4.62. The lowest BCUT2D eigenvalue weighted by Gasteiger charge is -2.43. The van der Waals surface area contributed by atoms with Crippen molar-refractivity contribution in [3.8, 4) is 5.75 Å². The number of ketones is 1. The molecule has 1 fully saturated rings. The summed E-state index contributed by atoms with van der Waals surface area (Å²) in [6.07, 6.45) is 2.85. The molecule has 1 aromatic rings. The van der Waals surface area contributed by atoms with Gasteiger partial charge in [0, 0.05) is 18.9 Å². The van der Waals surface area contributed by atoms with Gasteiger partial charge in [-0.3, -0.25) is 4.79 Å². The van der Waals surface area contributed by atoms with E-state index in [1.165, 1.54) is 12.1 Å². The third kappa shape index (κ3) is 3.17. The molecule has 0 atom stereocenters. The third-order valence-corrected chi connectivity index (χ3v) is 4.92. The number of benzene rings is 1. The topological polar surface area (TPSA) is 47.6 Å².